The summed E-state index contributed by atoms with van der Waals surface area (Å²) in [6.07, 6.45) is 1.77. The van der Waals surface area contributed by atoms with Crippen molar-refractivity contribution >= 4 is 23.2 Å². The molecule has 1 atom stereocenters. The van der Waals surface area contributed by atoms with Crippen molar-refractivity contribution in [3.8, 4) is 0 Å². The van der Waals surface area contributed by atoms with Crippen LogP contribution >= 0.6 is 23.2 Å². The fraction of sp³-hybridized carbons (Fsp3) is 0.500. The third-order valence-corrected chi connectivity index (χ3v) is 3.94. The van der Waals surface area contributed by atoms with Crippen LogP contribution in [0.25, 0.3) is 0 Å². The Balaban J connectivity index is 2.25. The van der Waals surface area contributed by atoms with Gasteiger partial charge in [0.25, 0.3) is 0 Å². The van der Waals surface area contributed by atoms with Gasteiger partial charge in [-0.25, -0.2) is 0 Å². The molecule has 0 radical (unpaired) electrons. The van der Waals surface area contributed by atoms with E-state index in [-0.39, 0.29) is 5.41 Å². The molecule has 2 N–H and O–H groups in total. The summed E-state index contributed by atoms with van der Waals surface area (Å²) < 4.78 is 5.44. The first-order chi connectivity index (χ1) is 7.67. The molecule has 1 aliphatic heterocycles. The van der Waals surface area contributed by atoms with Crippen molar-refractivity contribution < 1.29 is 4.74 Å². The third-order valence-electron chi connectivity index (χ3n) is 3.23. The van der Waals surface area contributed by atoms with Crippen molar-refractivity contribution in [3.05, 3.63) is 33.8 Å². The molecule has 1 heterocycles. The first-order valence-electron chi connectivity index (χ1n) is 5.38. The lowest BCUT2D eigenvalue weighted by Crippen LogP contribution is -2.33. The largest absolute Gasteiger partial charge is 0.381 e. The standard InChI is InChI=1S/C12H15Cl2NO/c13-10-2-1-3-11(14)9(10)6-12(7-15)4-5-16-8-12/h1-3H,4-8,15H2. The van der Waals surface area contributed by atoms with Gasteiger partial charge in [-0.1, -0.05) is 29.3 Å². The van der Waals surface area contributed by atoms with Crippen LogP contribution in [0.1, 0.15) is 12.0 Å². The average Bonchev–Trinajstić information content (AvgIpc) is 2.73. The summed E-state index contributed by atoms with van der Waals surface area (Å²) in [7, 11) is 0. The Morgan fingerprint density at radius 1 is 1.31 bits per heavy atom. The molecule has 88 valence electrons. The summed E-state index contributed by atoms with van der Waals surface area (Å²) in [6.45, 7) is 2.08. The van der Waals surface area contributed by atoms with Gasteiger partial charge in [-0.3, -0.25) is 0 Å². The number of rotatable bonds is 3. The van der Waals surface area contributed by atoms with Crippen LogP contribution in [-0.2, 0) is 11.2 Å². The summed E-state index contributed by atoms with van der Waals surface area (Å²) >= 11 is 12.3. The highest BCUT2D eigenvalue weighted by Crippen LogP contribution is 2.36. The lowest BCUT2D eigenvalue weighted by molar-refractivity contribution is 0.154. The van der Waals surface area contributed by atoms with Gasteiger partial charge in [0.05, 0.1) is 6.61 Å². The molecule has 4 heteroatoms. The Bertz CT molecular complexity index is 355. The van der Waals surface area contributed by atoms with Crippen molar-refractivity contribution in [2.75, 3.05) is 19.8 Å². The van der Waals surface area contributed by atoms with E-state index in [4.69, 9.17) is 33.7 Å². The molecule has 0 amide bonds. The van der Waals surface area contributed by atoms with Gasteiger partial charge in [0, 0.05) is 28.6 Å². The fourth-order valence-electron chi connectivity index (χ4n) is 2.10. The molecule has 1 aromatic rings. The normalized spacial score (nSPS) is 24.9. The minimum Gasteiger partial charge on any atom is -0.381 e. The first kappa shape index (κ1) is 12.2. The smallest absolute Gasteiger partial charge is 0.0538 e. The maximum atomic E-state index is 6.16. The van der Waals surface area contributed by atoms with E-state index >= 15 is 0 Å². The SMILES string of the molecule is NCC1(Cc2c(Cl)cccc2Cl)CCOC1. The van der Waals surface area contributed by atoms with Crippen LogP contribution in [-0.4, -0.2) is 19.8 Å². The molecule has 0 saturated carbocycles. The molecule has 0 bridgehead atoms. The Hall–Kier alpha value is -0.280. The van der Waals surface area contributed by atoms with Crippen LogP contribution < -0.4 is 5.73 Å². The molecule has 1 aromatic carbocycles. The van der Waals surface area contributed by atoms with Crippen LogP contribution in [0, 0.1) is 5.41 Å². The van der Waals surface area contributed by atoms with Crippen molar-refractivity contribution in [3.63, 3.8) is 0 Å². The monoisotopic (exact) mass is 259 g/mol. The minimum absolute atomic E-state index is 0.00856. The highest BCUT2D eigenvalue weighted by atomic mass is 35.5. The van der Waals surface area contributed by atoms with E-state index in [0.29, 0.717) is 23.2 Å². The van der Waals surface area contributed by atoms with Gasteiger partial charge < -0.3 is 10.5 Å². The Kier molecular flexibility index (Phi) is 3.75. The summed E-state index contributed by atoms with van der Waals surface area (Å²) in [5, 5.41) is 1.43. The zero-order valence-corrected chi connectivity index (χ0v) is 10.5. The van der Waals surface area contributed by atoms with Crippen LogP contribution in [0.15, 0.2) is 18.2 Å². The number of hydrogen-bond acceptors (Lipinski definition) is 2. The summed E-state index contributed by atoms with van der Waals surface area (Å²) in [6, 6.07) is 5.58. The molecule has 1 fully saturated rings. The van der Waals surface area contributed by atoms with Crippen LogP contribution in [0.2, 0.25) is 10.0 Å². The topological polar surface area (TPSA) is 35.2 Å². The predicted octanol–water partition coefficient (Wildman–Crippen LogP) is 2.90. The van der Waals surface area contributed by atoms with Crippen LogP contribution in [0.4, 0.5) is 0 Å². The van der Waals surface area contributed by atoms with Crippen LogP contribution in [0.3, 0.4) is 0 Å². The summed E-state index contributed by atoms with van der Waals surface area (Å²) in [5.74, 6) is 0. The molecule has 2 rings (SSSR count). The molecule has 1 saturated heterocycles. The van der Waals surface area contributed by atoms with Gasteiger partial charge in [-0.05, 0) is 30.5 Å². The quantitative estimate of drug-likeness (QED) is 0.906. The van der Waals surface area contributed by atoms with Crippen molar-refractivity contribution in [2.45, 2.75) is 12.8 Å². The van der Waals surface area contributed by atoms with Gasteiger partial charge in [0.2, 0.25) is 0 Å². The van der Waals surface area contributed by atoms with E-state index in [1.54, 1.807) is 0 Å². The molecule has 1 aliphatic rings. The zero-order chi connectivity index (χ0) is 11.6. The molecular formula is C12H15Cl2NO. The van der Waals surface area contributed by atoms with Gasteiger partial charge in [-0.2, -0.15) is 0 Å². The number of ether oxygens (including phenoxy) is 1. The summed E-state index contributed by atoms with van der Waals surface area (Å²) in [4.78, 5) is 0. The van der Waals surface area contributed by atoms with E-state index in [1.807, 2.05) is 18.2 Å². The highest BCUT2D eigenvalue weighted by molar-refractivity contribution is 6.36. The maximum absolute atomic E-state index is 6.16. The van der Waals surface area contributed by atoms with Crippen molar-refractivity contribution in [1.82, 2.24) is 0 Å². The molecule has 1 unspecified atom stereocenters. The second kappa shape index (κ2) is 4.92. The Morgan fingerprint density at radius 3 is 2.50 bits per heavy atom. The molecule has 0 spiro atoms. The van der Waals surface area contributed by atoms with Crippen molar-refractivity contribution in [2.24, 2.45) is 11.1 Å². The molecule has 0 aliphatic carbocycles. The second-order valence-corrected chi connectivity index (χ2v) is 5.20. The molecule has 0 aromatic heterocycles. The van der Waals surface area contributed by atoms with Gasteiger partial charge in [-0.15, -0.1) is 0 Å². The second-order valence-electron chi connectivity index (χ2n) is 4.38. The number of benzene rings is 1. The van der Waals surface area contributed by atoms with Gasteiger partial charge in [0.15, 0.2) is 0 Å². The minimum atomic E-state index is 0.00856. The predicted molar refractivity (Wildman–Crippen MR) is 67.1 cm³/mol. The lowest BCUT2D eigenvalue weighted by Gasteiger charge is -2.26. The molecule has 16 heavy (non-hydrogen) atoms. The van der Waals surface area contributed by atoms with Crippen LogP contribution in [0.5, 0.6) is 0 Å². The number of nitrogens with two attached hydrogens (primary N) is 1. The zero-order valence-electron chi connectivity index (χ0n) is 9.01. The van der Waals surface area contributed by atoms with E-state index < -0.39 is 0 Å². The van der Waals surface area contributed by atoms with E-state index in [9.17, 15) is 0 Å². The molecule has 2 nitrogen and oxygen atoms in total. The molecular weight excluding hydrogens is 245 g/mol. The summed E-state index contributed by atoms with van der Waals surface area (Å²) in [5.41, 5.74) is 6.85. The van der Waals surface area contributed by atoms with E-state index in [1.165, 1.54) is 0 Å². The Morgan fingerprint density at radius 2 is 2.00 bits per heavy atom. The average molecular weight is 260 g/mol. The maximum Gasteiger partial charge on any atom is 0.0538 e. The Labute approximate surface area is 106 Å². The first-order valence-corrected chi connectivity index (χ1v) is 6.13. The number of halogens is 2. The highest BCUT2D eigenvalue weighted by Gasteiger charge is 2.34. The van der Waals surface area contributed by atoms with Gasteiger partial charge >= 0.3 is 0 Å². The lowest BCUT2D eigenvalue weighted by atomic mass is 9.81. The third kappa shape index (κ3) is 2.35. The number of hydrogen-bond donors (Lipinski definition) is 1. The van der Waals surface area contributed by atoms with Gasteiger partial charge in [0.1, 0.15) is 0 Å². The van der Waals surface area contributed by atoms with E-state index in [2.05, 4.69) is 0 Å². The van der Waals surface area contributed by atoms with E-state index in [0.717, 1.165) is 25.0 Å². The van der Waals surface area contributed by atoms with Crippen molar-refractivity contribution in [1.29, 1.82) is 0 Å². The fourth-order valence-corrected chi connectivity index (χ4v) is 2.63.